The van der Waals surface area contributed by atoms with Crippen LogP contribution in [0.2, 0.25) is 0 Å². The number of thiophene rings is 1. The molecule has 0 saturated carbocycles. The maximum absolute atomic E-state index is 14.5. The fourth-order valence-corrected chi connectivity index (χ4v) is 4.06. The lowest BCUT2D eigenvalue weighted by Crippen LogP contribution is -2.25. The Kier molecular flexibility index (Phi) is 6.56. The van der Waals surface area contributed by atoms with Crippen LogP contribution in [0.4, 0.5) is 18.9 Å². The van der Waals surface area contributed by atoms with E-state index in [1.807, 2.05) is 0 Å². The summed E-state index contributed by atoms with van der Waals surface area (Å²) in [6.45, 7) is 1.28. The number of halogens is 4. The molecule has 0 radical (unpaired) electrons. The van der Waals surface area contributed by atoms with Crippen LogP contribution in [0.5, 0.6) is 0 Å². The minimum Gasteiger partial charge on any atom is -0.319 e. The molecule has 2 heterocycles. The average Bonchev–Trinajstić information content (AvgIpc) is 2.98. The molecule has 0 aliphatic carbocycles. The molecule has 1 aliphatic heterocycles. The van der Waals surface area contributed by atoms with Crippen molar-refractivity contribution in [3.05, 3.63) is 45.4 Å². The molecule has 0 unspecified atom stereocenters. The van der Waals surface area contributed by atoms with Gasteiger partial charge >= 0.3 is 0 Å². The Morgan fingerprint density at radius 1 is 1.33 bits per heavy atom. The van der Waals surface area contributed by atoms with Crippen LogP contribution < -0.4 is 10.6 Å². The van der Waals surface area contributed by atoms with Crippen LogP contribution in [0.1, 0.15) is 20.8 Å². The Balaban J connectivity index is 0.00000208. The lowest BCUT2D eigenvalue weighted by Gasteiger charge is -2.19. The molecule has 2 N–H and O–H groups in total. The zero-order chi connectivity index (χ0) is 16.4. The first-order valence-corrected chi connectivity index (χ1v) is 8.67. The van der Waals surface area contributed by atoms with Crippen molar-refractivity contribution in [1.29, 1.82) is 0 Å². The predicted octanol–water partition coefficient (Wildman–Crippen LogP) is 4.52. The van der Waals surface area contributed by atoms with E-state index in [0.29, 0.717) is 36.8 Å². The molecular formula is C15H14ClF3N2OS2. The van der Waals surface area contributed by atoms with E-state index in [2.05, 4.69) is 10.6 Å². The van der Waals surface area contributed by atoms with Crippen molar-refractivity contribution in [3.63, 3.8) is 0 Å². The molecule has 0 bridgehead atoms. The number of anilines is 1. The van der Waals surface area contributed by atoms with Crippen LogP contribution in [0.15, 0.2) is 28.5 Å². The van der Waals surface area contributed by atoms with Gasteiger partial charge < -0.3 is 10.6 Å². The van der Waals surface area contributed by atoms with Gasteiger partial charge in [-0.1, -0.05) is 17.8 Å². The monoisotopic (exact) mass is 394 g/mol. The number of hydrogen-bond donors (Lipinski definition) is 2. The summed E-state index contributed by atoms with van der Waals surface area (Å²) >= 11 is 1.37. The number of carbonyl (C=O) groups excluding carboxylic acids is 1. The van der Waals surface area contributed by atoms with Gasteiger partial charge in [-0.3, -0.25) is 4.79 Å². The third kappa shape index (κ3) is 4.05. The predicted molar refractivity (Wildman–Crippen MR) is 93.2 cm³/mol. The number of carbonyl (C=O) groups is 1. The summed E-state index contributed by atoms with van der Waals surface area (Å²) in [6.07, 6.45) is 0.552. The van der Waals surface area contributed by atoms with Gasteiger partial charge in [0.2, 0.25) is 0 Å². The van der Waals surface area contributed by atoms with Gasteiger partial charge in [0.05, 0.1) is 5.69 Å². The molecule has 1 aromatic heterocycles. The summed E-state index contributed by atoms with van der Waals surface area (Å²) < 4.78 is 39.5. The van der Waals surface area contributed by atoms with Gasteiger partial charge in [0.15, 0.2) is 0 Å². The molecule has 0 fully saturated rings. The average molecular weight is 395 g/mol. The number of hydrogen-bond acceptors (Lipinski definition) is 4. The Morgan fingerprint density at radius 3 is 2.88 bits per heavy atom. The number of benzene rings is 1. The van der Waals surface area contributed by atoms with Crippen LogP contribution in [0.3, 0.4) is 0 Å². The van der Waals surface area contributed by atoms with E-state index >= 15 is 0 Å². The molecular weight excluding hydrogens is 381 g/mol. The molecule has 3 rings (SSSR count). The molecule has 0 atom stereocenters. The van der Waals surface area contributed by atoms with Crippen LogP contribution in [0.25, 0.3) is 0 Å². The molecule has 1 aliphatic rings. The first kappa shape index (κ1) is 19.1. The summed E-state index contributed by atoms with van der Waals surface area (Å²) in [5.41, 5.74) is 1.55. The Hall–Kier alpha value is -1.22. The number of fused-ring (bicyclic) bond motifs is 1. The van der Waals surface area contributed by atoms with E-state index < -0.39 is 17.5 Å². The largest absolute Gasteiger partial charge is 0.319 e. The van der Waals surface area contributed by atoms with E-state index in [0.717, 1.165) is 16.9 Å². The van der Waals surface area contributed by atoms with Crippen LogP contribution >= 0.6 is 35.5 Å². The standard InChI is InChI=1S/C15H13F3N2OS2.ClH/c16-12-9-3-5-19-7-8(9)1-2-10(12)20-14(21)13-11(4-6-22-13)23-15(17)18;/h1-2,4,6,15,19H,3,5,7H2,(H,20,21);1H. The molecule has 1 aromatic carbocycles. The van der Waals surface area contributed by atoms with Gasteiger partial charge in [-0.2, -0.15) is 8.78 Å². The summed E-state index contributed by atoms with van der Waals surface area (Å²) in [6, 6.07) is 4.74. The minimum atomic E-state index is -2.61. The Bertz CT molecular complexity index is 740. The zero-order valence-electron chi connectivity index (χ0n) is 12.3. The maximum atomic E-state index is 14.5. The number of amides is 1. The van der Waals surface area contributed by atoms with Crippen molar-refractivity contribution >= 4 is 47.1 Å². The SMILES string of the molecule is Cl.O=C(Nc1ccc2c(c1F)CCNC2)c1sccc1SC(F)F. The number of rotatable bonds is 4. The van der Waals surface area contributed by atoms with E-state index in [4.69, 9.17) is 0 Å². The maximum Gasteiger partial charge on any atom is 0.288 e. The normalized spacial score (nSPS) is 13.3. The second-order valence-electron chi connectivity index (χ2n) is 4.94. The fraction of sp³-hybridized carbons (Fsp3) is 0.267. The van der Waals surface area contributed by atoms with Gasteiger partial charge in [-0.15, -0.1) is 23.7 Å². The van der Waals surface area contributed by atoms with E-state index in [1.165, 1.54) is 12.1 Å². The molecule has 9 heteroatoms. The highest BCUT2D eigenvalue weighted by Crippen LogP contribution is 2.33. The second kappa shape index (κ2) is 8.24. The zero-order valence-corrected chi connectivity index (χ0v) is 14.7. The summed E-state index contributed by atoms with van der Waals surface area (Å²) in [4.78, 5) is 12.6. The Labute approximate surface area is 151 Å². The highest BCUT2D eigenvalue weighted by molar-refractivity contribution is 7.99. The van der Waals surface area contributed by atoms with Crippen molar-refractivity contribution in [3.8, 4) is 0 Å². The van der Waals surface area contributed by atoms with Gasteiger partial charge in [-0.05, 0) is 41.6 Å². The first-order chi connectivity index (χ1) is 11.1. The molecule has 0 spiro atoms. The van der Waals surface area contributed by atoms with Gasteiger partial charge in [-0.25, -0.2) is 4.39 Å². The van der Waals surface area contributed by atoms with E-state index in [1.54, 1.807) is 11.4 Å². The number of thioether (sulfide) groups is 1. The number of nitrogens with one attached hydrogen (secondary N) is 2. The quantitative estimate of drug-likeness (QED) is 0.749. The highest BCUT2D eigenvalue weighted by atomic mass is 35.5. The van der Waals surface area contributed by atoms with Crippen molar-refractivity contribution in [2.24, 2.45) is 0 Å². The molecule has 130 valence electrons. The van der Waals surface area contributed by atoms with Gasteiger partial charge in [0, 0.05) is 11.4 Å². The lowest BCUT2D eigenvalue weighted by molar-refractivity contribution is 0.102. The molecule has 3 nitrogen and oxygen atoms in total. The Morgan fingerprint density at radius 2 is 2.12 bits per heavy atom. The van der Waals surface area contributed by atoms with Crippen LogP contribution in [-0.4, -0.2) is 18.2 Å². The van der Waals surface area contributed by atoms with Crippen molar-refractivity contribution in [2.45, 2.75) is 23.6 Å². The van der Waals surface area contributed by atoms with Crippen molar-refractivity contribution < 1.29 is 18.0 Å². The summed E-state index contributed by atoms with van der Waals surface area (Å²) in [5.74, 6) is -3.63. The third-order valence-corrected chi connectivity index (χ3v) is 5.32. The smallest absolute Gasteiger partial charge is 0.288 e. The van der Waals surface area contributed by atoms with Crippen molar-refractivity contribution in [2.75, 3.05) is 11.9 Å². The van der Waals surface area contributed by atoms with Crippen molar-refractivity contribution in [1.82, 2.24) is 5.32 Å². The lowest BCUT2D eigenvalue weighted by atomic mass is 9.99. The number of alkyl halides is 2. The highest BCUT2D eigenvalue weighted by Gasteiger charge is 2.21. The molecule has 2 aromatic rings. The topological polar surface area (TPSA) is 41.1 Å². The first-order valence-electron chi connectivity index (χ1n) is 6.91. The van der Waals surface area contributed by atoms with Gasteiger partial charge in [0.25, 0.3) is 11.7 Å². The summed E-state index contributed by atoms with van der Waals surface area (Å²) in [5, 5.41) is 7.21. The molecule has 0 saturated heterocycles. The second-order valence-corrected chi connectivity index (χ2v) is 6.89. The van der Waals surface area contributed by atoms with Gasteiger partial charge in [0.1, 0.15) is 10.7 Å². The molecule has 24 heavy (non-hydrogen) atoms. The summed E-state index contributed by atoms with van der Waals surface area (Å²) in [7, 11) is 0. The fourth-order valence-electron chi connectivity index (χ4n) is 2.46. The minimum absolute atomic E-state index is 0. The van der Waals surface area contributed by atoms with Crippen LogP contribution in [0, 0.1) is 5.82 Å². The van der Waals surface area contributed by atoms with E-state index in [-0.39, 0.29) is 27.9 Å². The third-order valence-electron chi connectivity index (χ3n) is 3.51. The van der Waals surface area contributed by atoms with Crippen LogP contribution in [-0.2, 0) is 13.0 Å². The van der Waals surface area contributed by atoms with E-state index in [9.17, 15) is 18.0 Å². The molecule has 1 amide bonds.